The first-order chi connectivity index (χ1) is 7.29. The van der Waals surface area contributed by atoms with Gasteiger partial charge in [0.1, 0.15) is 0 Å². The van der Waals surface area contributed by atoms with Crippen molar-refractivity contribution >= 4 is 27.7 Å². The van der Waals surface area contributed by atoms with Crippen LogP contribution in [0.25, 0.3) is 6.08 Å². The van der Waals surface area contributed by atoms with Gasteiger partial charge in [-0.25, -0.2) is 0 Å². The minimum absolute atomic E-state index is 0.239. The summed E-state index contributed by atoms with van der Waals surface area (Å²) in [5.41, 5.74) is 1.26. The molecule has 0 fully saturated rings. The van der Waals surface area contributed by atoms with Gasteiger partial charge in [0.25, 0.3) is 0 Å². The van der Waals surface area contributed by atoms with Gasteiger partial charge in [0.2, 0.25) is 0 Å². The Labute approximate surface area is 101 Å². The number of halogens is 4. The SMILES string of the molecule is CN(C)c1cc(Br)ccc1/C=C/C(F)(F)F. The molecule has 16 heavy (non-hydrogen) atoms. The summed E-state index contributed by atoms with van der Waals surface area (Å²) in [6.07, 6.45) is -2.97. The van der Waals surface area contributed by atoms with Crippen molar-refractivity contribution in [3.05, 3.63) is 34.3 Å². The number of allylic oxidation sites excluding steroid dienone is 1. The molecule has 88 valence electrons. The van der Waals surface area contributed by atoms with Crippen molar-refractivity contribution in [2.45, 2.75) is 6.18 Å². The van der Waals surface area contributed by atoms with Gasteiger partial charge in [0, 0.05) is 30.3 Å². The largest absolute Gasteiger partial charge is 0.409 e. The number of hydrogen-bond acceptors (Lipinski definition) is 1. The maximum atomic E-state index is 12.0. The minimum Gasteiger partial charge on any atom is -0.377 e. The molecule has 0 bridgehead atoms. The van der Waals surface area contributed by atoms with Gasteiger partial charge in [0.05, 0.1) is 0 Å². The number of nitrogens with zero attached hydrogens (tertiary/aromatic N) is 1. The predicted octanol–water partition coefficient (Wildman–Crippen LogP) is 4.09. The van der Waals surface area contributed by atoms with Crippen LogP contribution in [0, 0.1) is 0 Å². The van der Waals surface area contributed by atoms with E-state index in [1.54, 1.807) is 37.2 Å². The monoisotopic (exact) mass is 293 g/mol. The molecule has 0 aromatic heterocycles. The van der Waals surface area contributed by atoms with Crippen LogP contribution in [0.2, 0.25) is 0 Å². The molecule has 0 radical (unpaired) electrons. The average Bonchev–Trinajstić information content (AvgIpc) is 2.14. The minimum atomic E-state index is -4.28. The lowest BCUT2D eigenvalue weighted by Gasteiger charge is -2.16. The van der Waals surface area contributed by atoms with Gasteiger partial charge in [-0.1, -0.05) is 22.0 Å². The van der Waals surface area contributed by atoms with Gasteiger partial charge in [-0.2, -0.15) is 13.2 Å². The quantitative estimate of drug-likeness (QED) is 0.794. The molecule has 0 aliphatic rings. The van der Waals surface area contributed by atoms with E-state index in [2.05, 4.69) is 15.9 Å². The third-order valence-electron chi connectivity index (χ3n) is 1.93. The molecule has 1 aromatic carbocycles. The second-order valence-electron chi connectivity index (χ2n) is 3.47. The predicted molar refractivity (Wildman–Crippen MR) is 63.6 cm³/mol. The van der Waals surface area contributed by atoms with Crippen molar-refractivity contribution in [1.82, 2.24) is 0 Å². The molecule has 0 saturated carbocycles. The maximum absolute atomic E-state index is 12.0. The fraction of sp³-hybridized carbons (Fsp3) is 0.273. The summed E-state index contributed by atoms with van der Waals surface area (Å²) < 4.78 is 37.0. The number of alkyl halides is 3. The van der Waals surface area contributed by atoms with Crippen molar-refractivity contribution in [1.29, 1.82) is 0 Å². The first-order valence-corrected chi connectivity index (χ1v) is 5.32. The number of anilines is 1. The van der Waals surface area contributed by atoms with E-state index in [0.717, 1.165) is 16.2 Å². The second-order valence-corrected chi connectivity index (χ2v) is 4.39. The lowest BCUT2D eigenvalue weighted by atomic mass is 10.1. The number of rotatable bonds is 2. The highest BCUT2D eigenvalue weighted by Gasteiger charge is 2.22. The summed E-state index contributed by atoms with van der Waals surface area (Å²) in [7, 11) is 3.57. The molecular weight excluding hydrogens is 283 g/mol. The molecule has 0 heterocycles. The Morgan fingerprint density at radius 3 is 2.38 bits per heavy atom. The van der Waals surface area contributed by atoms with E-state index in [0.29, 0.717) is 5.56 Å². The van der Waals surface area contributed by atoms with Crippen LogP contribution < -0.4 is 4.90 Å². The lowest BCUT2D eigenvalue weighted by Crippen LogP contribution is -2.10. The van der Waals surface area contributed by atoms with E-state index < -0.39 is 6.18 Å². The van der Waals surface area contributed by atoms with E-state index in [9.17, 15) is 13.2 Å². The summed E-state index contributed by atoms with van der Waals surface area (Å²) in [6.45, 7) is 0. The fourth-order valence-electron chi connectivity index (χ4n) is 1.23. The summed E-state index contributed by atoms with van der Waals surface area (Å²) in [5, 5.41) is 0. The van der Waals surface area contributed by atoms with Crippen molar-refractivity contribution in [3.8, 4) is 0 Å². The van der Waals surface area contributed by atoms with Crippen molar-refractivity contribution in [2.75, 3.05) is 19.0 Å². The van der Waals surface area contributed by atoms with Crippen LogP contribution in [0.4, 0.5) is 18.9 Å². The zero-order chi connectivity index (χ0) is 12.3. The van der Waals surface area contributed by atoms with Crippen molar-refractivity contribution < 1.29 is 13.2 Å². The Morgan fingerprint density at radius 2 is 1.88 bits per heavy atom. The zero-order valence-corrected chi connectivity index (χ0v) is 10.4. The molecule has 0 N–H and O–H groups in total. The molecule has 0 saturated heterocycles. The van der Waals surface area contributed by atoms with Gasteiger partial charge in [-0.3, -0.25) is 0 Å². The van der Waals surface area contributed by atoms with Gasteiger partial charge in [0.15, 0.2) is 0 Å². The molecule has 1 rings (SSSR count). The Hall–Kier alpha value is -0.970. The molecular formula is C11H11BrF3N. The standard InChI is InChI=1S/C11H11BrF3N/c1-16(2)10-7-9(12)4-3-8(10)5-6-11(13,14)15/h3-7H,1-2H3/b6-5+. The highest BCUT2D eigenvalue weighted by atomic mass is 79.9. The fourth-order valence-corrected chi connectivity index (χ4v) is 1.58. The first-order valence-electron chi connectivity index (χ1n) is 4.52. The number of hydrogen-bond donors (Lipinski definition) is 0. The van der Waals surface area contributed by atoms with E-state index in [4.69, 9.17) is 0 Å². The topological polar surface area (TPSA) is 3.24 Å². The van der Waals surface area contributed by atoms with Crippen molar-refractivity contribution in [3.63, 3.8) is 0 Å². The normalized spacial score (nSPS) is 12.1. The Kier molecular flexibility index (Phi) is 4.02. The van der Waals surface area contributed by atoms with E-state index in [1.807, 2.05) is 0 Å². The lowest BCUT2D eigenvalue weighted by molar-refractivity contribution is -0.0790. The van der Waals surface area contributed by atoms with Crippen LogP contribution in [0.15, 0.2) is 28.7 Å². The van der Waals surface area contributed by atoms with Gasteiger partial charge < -0.3 is 4.90 Å². The second kappa shape index (κ2) is 4.91. The molecule has 0 atom stereocenters. The van der Waals surface area contributed by atoms with Crippen LogP contribution in [0.5, 0.6) is 0 Å². The summed E-state index contributed by atoms with van der Waals surface area (Å²) >= 11 is 3.28. The van der Waals surface area contributed by atoms with E-state index in [-0.39, 0.29) is 6.08 Å². The Balaban J connectivity index is 3.09. The number of benzene rings is 1. The van der Waals surface area contributed by atoms with Crippen LogP contribution in [0.3, 0.4) is 0 Å². The molecule has 5 heteroatoms. The molecule has 0 spiro atoms. The zero-order valence-electron chi connectivity index (χ0n) is 8.85. The van der Waals surface area contributed by atoms with Crippen molar-refractivity contribution in [2.24, 2.45) is 0 Å². The average molecular weight is 294 g/mol. The highest BCUT2D eigenvalue weighted by molar-refractivity contribution is 9.10. The summed E-state index contributed by atoms with van der Waals surface area (Å²) in [5.74, 6) is 0. The smallest absolute Gasteiger partial charge is 0.377 e. The summed E-state index contributed by atoms with van der Waals surface area (Å²) in [6, 6.07) is 5.13. The van der Waals surface area contributed by atoms with Crippen LogP contribution in [-0.2, 0) is 0 Å². The van der Waals surface area contributed by atoms with E-state index >= 15 is 0 Å². The Bertz CT molecular complexity index is 397. The first kappa shape index (κ1) is 13.1. The van der Waals surface area contributed by atoms with Crippen LogP contribution in [0.1, 0.15) is 5.56 Å². The molecule has 0 aliphatic heterocycles. The van der Waals surface area contributed by atoms with Gasteiger partial charge in [-0.05, 0) is 23.8 Å². The van der Waals surface area contributed by atoms with E-state index in [1.165, 1.54) is 0 Å². The van der Waals surface area contributed by atoms with Crippen LogP contribution in [-0.4, -0.2) is 20.3 Å². The van der Waals surface area contributed by atoms with Gasteiger partial charge in [-0.15, -0.1) is 0 Å². The third-order valence-corrected chi connectivity index (χ3v) is 2.42. The molecule has 0 amide bonds. The summed E-state index contributed by atoms with van der Waals surface area (Å²) in [4.78, 5) is 1.76. The maximum Gasteiger partial charge on any atom is 0.409 e. The van der Waals surface area contributed by atoms with Gasteiger partial charge >= 0.3 is 6.18 Å². The highest BCUT2D eigenvalue weighted by Crippen LogP contribution is 2.26. The van der Waals surface area contributed by atoms with Crippen LogP contribution >= 0.6 is 15.9 Å². The Morgan fingerprint density at radius 1 is 1.25 bits per heavy atom. The molecule has 0 aliphatic carbocycles. The molecule has 1 nitrogen and oxygen atoms in total. The molecule has 0 unspecified atom stereocenters. The third kappa shape index (κ3) is 3.89. The molecule has 1 aromatic rings.